The van der Waals surface area contributed by atoms with Crippen LogP contribution in [0.25, 0.3) is 0 Å². The molecule has 13 heavy (non-hydrogen) atoms. The number of carbonyl (C=O) groups is 2. The molecule has 0 aromatic heterocycles. The molecule has 0 spiro atoms. The van der Waals surface area contributed by atoms with Crippen LogP contribution in [0.3, 0.4) is 0 Å². The Morgan fingerprint density at radius 1 is 1.69 bits per heavy atom. The second kappa shape index (κ2) is 4.11. The highest BCUT2D eigenvalue weighted by Gasteiger charge is 2.26. The van der Waals surface area contributed by atoms with Gasteiger partial charge in [-0.3, -0.25) is 4.79 Å². The zero-order valence-electron chi connectivity index (χ0n) is 7.96. The topological polar surface area (TPSA) is 61.4 Å². The van der Waals surface area contributed by atoms with Gasteiger partial charge in [-0.25, -0.2) is 4.79 Å². The molecule has 3 amide bonds. The summed E-state index contributed by atoms with van der Waals surface area (Å²) < 4.78 is 0. The second-order valence-electron chi connectivity index (χ2n) is 3.07. The van der Waals surface area contributed by atoms with Gasteiger partial charge in [0.2, 0.25) is 5.91 Å². The van der Waals surface area contributed by atoms with E-state index in [0.717, 1.165) is 6.42 Å². The number of carbonyl (C=O) groups excluding carboxylic acids is 2. The molecule has 74 valence electrons. The van der Waals surface area contributed by atoms with E-state index in [2.05, 4.69) is 10.6 Å². The highest BCUT2D eigenvalue weighted by Crippen LogP contribution is 2.04. The Balaban J connectivity index is 2.69. The van der Waals surface area contributed by atoms with Crippen LogP contribution in [0.4, 0.5) is 4.79 Å². The molecule has 1 rings (SSSR count). The zero-order valence-corrected chi connectivity index (χ0v) is 7.96. The lowest BCUT2D eigenvalue weighted by molar-refractivity contribution is -0.124. The molecule has 1 heterocycles. The van der Waals surface area contributed by atoms with Crippen molar-refractivity contribution in [3.63, 3.8) is 0 Å². The van der Waals surface area contributed by atoms with Crippen molar-refractivity contribution in [1.29, 1.82) is 0 Å². The Hall–Kier alpha value is -1.26. The van der Waals surface area contributed by atoms with E-state index >= 15 is 0 Å². The van der Waals surface area contributed by atoms with Crippen LogP contribution >= 0.6 is 0 Å². The van der Waals surface area contributed by atoms with Crippen LogP contribution in [0.5, 0.6) is 0 Å². The number of hydrogen-bond acceptors (Lipinski definition) is 2. The predicted molar refractivity (Wildman–Crippen MR) is 48.3 cm³/mol. The van der Waals surface area contributed by atoms with Gasteiger partial charge in [0.15, 0.2) is 0 Å². The Bertz CT molecular complexity index is 217. The van der Waals surface area contributed by atoms with Crippen LogP contribution in [-0.2, 0) is 4.79 Å². The molecule has 1 aliphatic rings. The summed E-state index contributed by atoms with van der Waals surface area (Å²) in [7, 11) is 1.57. The number of amides is 3. The van der Waals surface area contributed by atoms with E-state index in [4.69, 9.17) is 0 Å². The Morgan fingerprint density at radius 2 is 2.38 bits per heavy atom. The van der Waals surface area contributed by atoms with E-state index < -0.39 is 0 Å². The molecule has 5 nitrogen and oxygen atoms in total. The SMILES string of the molecule is CNC(=O)N1CCCNC(=O)C1C. The first-order chi connectivity index (χ1) is 6.16. The van der Waals surface area contributed by atoms with E-state index in [1.807, 2.05) is 0 Å². The van der Waals surface area contributed by atoms with E-state index in [1.54, 1.807) is 18.9 Å². The second-order valence-corrected chi connectivity index (χ2v) is 3.07. The smallest absolute Gasteiger partial charge is 0.317 e. The van der Waals surface area contributed by atoms with Crippen LogP contribution in [0.2, 0.25) is 0 Å². The van der Waals surface area contributed by atoms with Crippen molar-refractivity contribution >= 4 is 11.9 Å². The van der Waals surface area contributed by atoms with Crippen LogP contribution in [0.15, 0.2) is 0 Å². The van der Waals surface area contributed by atoms with Crippen molar-refractivity contribution in [2.45, 2.75) is 19.4 Å². The lowest BCUT2D eigenvalue weighted by Gasteiger charge is -2.24. The van der Waals surface area contributed by atoms with Crippen molar-refractivity contribution in [3.05, 3.63) is 0 Å². The zero-order chi connectivity index (χ0) is 9.84. The number of nitrogens with one attached hydrogen (secondary N) is 2. The van der Waals surface area contributed by atoms with E-state index in [9.17, 15) is 9.59 Å². The van der Waals surface area contributed by atoms with Crippen molar-refractivity contribution in [1.82, 2.24) is 15.5 Å². The number of urea groups is 1. The van der Waals surface area contributed by atoms with Crippen molar-refractivity contribution in [2.75, 3.05) is 20.1 Å². The first-order valence-electron chi connectivity index (χ1n) is 4.43. The third kappa shape index (κ3) is 2.11. The van der Waals surface area contributed by atoms with Crippen molar-refractivity contribution in [3.8, 4) is 0 Å². The summed E-state index contributed by atoms with van der Waals surface area (Å²) in [5.74, 6) is -0.0823. The fraction of sp³-hybridized carbons (Fsp3) is 0.750. The fourth-order valence-corrected chi connectivity index (χ4v) is 1.36. The van der Waals surface area contributed by atoms with Gasteiger partial charge < -0.3 is 15.5 Å². The average molecular weight is 185 g/mol. The van der Waals surface area contributed by atoms with E-state index in [-0.39, 0.29) is 18.0 Å². The molecule has 1 unspecified atom stereocenters. The first-order valence-corrected chi connectivity index (χ1v) is 4.43. The van der Waals surface area contributed by atoms with Crippen molar-refractivity contribution < 1.29 is 9.59 Å². The van der Waals surface area contributed by atoms with Gasteiger partial charge in [0, 0.05) is 20.1 Å². The Kier molecular flexibility index (Phi) is 3.11. The third-order valence-electron chi connectivity index (χ3n) is 2.20. The monoisotopic (exact) mass is 185 g/mol. The summed E-state index contributed by atoms with van der Waals surface area (Å²) in [5.41, 5.74) is 0. The summed E-state index contributed by atoms with van der Waals surface area (Å²) in [6.07, 6.45) is 0.809. The lowest BCUT2D eigenvalue weighted by atomic mass is 10.3. The van der Waals surface area contributed by atoms with Gasteiger partial charge in [0.05, 0.1) is 0 Å². The standard InChI is InChI=1S/C8H15N3O2/c1-6-7(12)10-4-3-5-11(6)8(13)9-2/h6H,3-5H2,1-2H3,(H,9,13)(H,10,12). The van der Waals surface area contributed by atoms with Gasteiger partial charge in [-0.15, -0.1) is 0 Å². The van der Waals surface area contributed by atoms with Gasteiger partial charge in [0.25, 0.3) is 0 Å². The highest BCUT2D eigenvalue weighted by molar-refractivity contribution is 5.86. The molecule has 2 N–H and O–H groups in total. The summed E-state index contributed by atoms with van der Waals surface area (Å²) in [5, 5.41) is 5.26. The Labute approximate surface area is 77.5 Å². The van der Waals surface area contributed by atoms with Gasteiger partial charge in [0.1, 0.15) is 6.04 Å². The minimum atomic E-state index is -0.373. The fourth-order valence-electron chi connectivity index (χ4n) is 1.36. The molecule has 0 saturated carbocycles. The number of rotatable bonds is 0. The summed E-state index contributed by atoms with van der Waals surface area (Å²) >= 11 is 0. The molecule has 0 radical (unpaired) electrons. The molecule has 1 fully saturated rings. The predicted octanol–water partition coefficient (Wildman–Crippen LogP) is -0.464. The van der Waals surface area contributed by atoms with Gasteiger partial charge in [-0.2, -0.15) is 0 Å². The van der Waals surface area contributed by atoms with Gasteiger partial charge in [-0.05, 0) is 13.3 Å². The Morgan fingerprint density at radius 3 is 3.00 bits per heavy atom. The minimum Gasteiger partial charge on any atom is -0.354 e. The molecule has 1 aliphatic heterocycles. The maximum absolute atomic E-state index is 11.3. The van der Waals surface area contributed by atoms with Crippen molar-refractivity contribution in [2.24, 2.45) is 0 Å². The van der Waals surface area contributed by atoms with Crippen LogP contribution in [0.1, 0.15) is 13.3 Å². The average Bonchev–Trinajstić information content (AvgIpc) is 2.29. The molecule has 0 aromatic carbocycles. The third-order valence-corrected chi connectivity index (χ3v) is 2.20. The lowest BCUT2D eigenvalue weighted by Crippen LogP contribution is -2.48. The summed E-state index contributed by atoms with van der Waals surface area (Å²) in [4.78, 5) is 24.2. The van der Waals surface area contributed by atoms with E-state index in [0.29, 0.717) is 13.1 Å². The quantitative estimate of drug-likeness (QED) is 0.536. The van der Waals surface area contributed by atoms with Crippen LogP contribution < -0.4 is 10.6 Å². The minimum absolute atomic E-state index is 0.0823. The van der Waals surface area contributed by atoms with Gasteiger partial charge in [-0.1, -0.05) is 0 Å². The largest absolute Gasteiger partial charge is 0.354 e. The molecule has 0 aliphatic carbocycles. The van der Waals surface area contributed by atoms with Gasteiger partial charge >= 0.3 is 6.03 Å². The summed E-state index contributed by atoms with van der Waals surface area (Å²) in [6.45, 7) is 3.01. The van der Waals surface area contributed by atoms with Crippen LogP contribution in [0, 0.1) is 0 Å². The van der Waals surface area contributed by atoms with E-state index in [1.165, 1.54) is 0 Å². The maximum Gasteiger partial charge on any atom is 0.317 e. The maximum atomic E-state index is 11.3. The van der Waals surface area contributed by atoms with Crippen LogP contribution in [-0.4, -0.2) is 43.0 Å². The number of nitrogens with zero attached hydrogens (tertiary/aromatic N) is 1. The normalized spacial score (nSPS) is 23.4. The molecule has 0 aromatic rings. The first kappa shape index (κ1) is 9.83. The molecule has 0 bridgehead atoms. The number of hydrogen-bond donors (Lipinski definition) is 2. The highest BCUT2D eigenvalue weighted by atomic mass is 16.2. The molecule has 1 saturated heterocycles. The molecule has 1 atom stereocenters. The molecule has 5 heteroatoms. The summed E-state index contributed by atoms with van der Waals surface area (Å²) in [6, 6.07) is -0.563. The molecular weight excluding hydrogens is 170 g/mol. The molecular formula is C8H15N3O2.